The van der Waals surface area contributed by atoms with Crippen LogP contribution in [0.15, 0.2) is 65.7 Å². The topological polar surface area (TPSA) is 77.8 Å². The van der Waals surface area contributed by atoms with Gasteiger partial charge in [-0.2, -0.15) is 13.2 Å². The number of benzene rings is 3. The number of guanidine groups is 1. The van der Waals surface area contributed by atoms with Gasteiger partial charge in [-0.1, -0.05) is 18.2 Å². The molecule has 0 saturated carbocycles. The summed E-state index contributed by atoms with van der Waals surface area (Å²) < 4.78 is 66.3. The lowest BCUT2D eigenvalue weighted by atomic mass is 10.1. The Kier molecular flexibility index (Phi) is 8.89. The fraction of sp³-hybridized carbons (Fsp3) is 0.310. The van der Waals surface area contributed by atoms with Gasteiger partial charge in [0.15, 0.2) is 0 Å². The molecule has 0 aliphatic carbocycles. The van der Waals surface area contributed by atoms with Crippen molar-refractivity contribution in [2.45, 2.75) is 19.6 Å². The summed E-state index contributed by atoms with van der Waals surface area (Å²) in [6.45, 7) is 3.60. The Hall–Kier alpha value is -4.48. The van der Waals surface area contributed by atoms with Gasteiger partial charge in [-0.25, -0.2) is 9.38 Å². The van der Waals surface area contributed by atoms with Gasteiger partial charge in [0.05, 0.1) is 32.0 Å². The normalized spacial score (nSPS) is 14.9. The highest BCUT2D eigenvalue weighted by Crippen LogP contribution is 2.40. The molecule has 2 aliphatic heterocycles. The van der Waals surface area contributed by atoms with Crippen molar-refractivity contribution < 1.29 is 36.9 Å². The first-order valence-corrected chi connectivity index (χ1v) is 12.7. The summed E-state index contributed by atoms with van der Waals surface area (Å²) in [5.41, 5.74) is 1.22. The lowest BCUT2D eigenvalue weighted by molar-refractivity contribution is -0.137. The molecule has 0 spiro atoms. The third-order valence-corrected chi connectivity index (χ3v) is 6.63. The Labute approximate surface area is 235 Å². The van der Waals surface area contributed by atoms with E-state index in [1.165, 1.54) is 19.2 Å². The number of para-hydroxylation sites is 1. The lowest BCUT2D eigenvalue weighted by Gasteiger charge is -2.42. The number of rotatable bonds is 4. The molecule has 218 valence electrons. The first-order chi connectivity index (χ1) is 19.5. The predicted molar refractivity (Wildman–Crippen MR) is 148 cm³/mol. The van der Waals surface area contributed by atoms with Gasteiger partial charge in [0.25, 0.3) is 5.97 Å². The molecule has 3 aromatic carbocycles. The Morgan fingerprint density at radius 1 is 0.927 bits per heavy atom. The molecule has 1 fully saturated rings. The average Bonchev–Trinajstić information content (AvgIpc) is 2.96. The maximum absolute atomic E-state index is 14.7. The average molecular weight is 575 g/mol. The number of hydrogen-bond acceptors (Lipinski definition) is 7. The minimum atomic E-state index is -4.53. The van der Waals surface area contributed by atoms with Crippen LogP contribution in [-0.2, 0) is 17.5 Å². The molecular weight excluding hydrogens is 544 g/mol. The second-order valence-electron chi connectivity index (χ2n) is 9.32. The number of alkyl halides is 3. The summed E-state index contributed by atoms with van der Waals surface area (Å²) in [6, 6.07) is 15.8. The van der Waals surface area contributed by atoms with Crippen LogP contribution in [0.25, 0.3) is 0 Å². The number of aliphatic imine (C=N–C) groups is 1. The number of ether oxygens (including phenoxy) is 2. The van der Waals surface area contributed by atoms with Gasteiger partial charge >= 0.3 is 6.18 Å². The van der Waals surface area contributed by atoms with Crippen molar-refractivity contribution in [3.8, 4) is 11.5 Å². The fourth-order valence-electron chi connectivity index (χ4n) is 4.70. The van der Waals surface area contributed by atoms with Crippen molar-refractivity contribution in [3.05, 3.63) is 77.6 Å². The molecule has 0 unspecified atom stereocenters. The van der Waals surface area contributed by atoms with Crippen LogP contribution in [0.1, 0.15) is 18.1 Å². The molecular formula is C29H30F4N4O4. The summed E-state index contributed by atoms with van der Waals surface area (Å²) in [4.78, 5) is 19.5. The van der Waals surface area contributed by atoms with Gasteiger partial charge in [0.2, 0.25) is 5.96 Å². The van der Waals surface area contributed by atoms with Crippen molar-refractivity contribution in [1.29, 1.82) is 0 Å². The van der Waals surface area contributed by atoms with Gasteiger partial charge in [0, 0.05) is 50.4 Å². The maximum atomic E-state index is 14.7. The first kappa shape index (κ1) is 29.5. The molecule has 2 heterocycles. The molecule has 0 atom stereocenters. The van der Waals surface area contributed by atoms with E-state index in [2.05, 4.69) is 9.89 Å². The monoisotopic (exact) mass is 574 g/mol. The van der Waals surface area contributed by atoms with Crippen LogP contribution in [0.3, 0.4) is 0 Å². The number of fused-ring (bicyclic) bond motifs is 1. The van der Waals surface area contributed by atoms with E-state index in [-0.39, 0.29) is 23.7 Å². The van der Waals surface area contributed by atoms with Crippen molar-refractivity contribution >= 4 is 29.0 Å². The number of methoxy groups -OCH3 is 2. The van der Waals surface area contributed by atoms with Gasteiger partial charge in [-0.15, -0.1) is 0 Å². The van der Waals surface area contributed by atoms with Gasteiger partial charge < -0.3 is 29.3 Å². The molecule has 2 aliphatic rings. The molecule has 12 heteroatoms. The summed E-state index contributed by atoms with van der Waals surface area (Å²) in [6.07, 6.45) is -4.53. The predicted octanol–water partition coefficient (Wildman–Crippen LogP) is 5.78. The summed E-state index contributed by atoms with van der Waals surface area (Å²) in [5, 5.41) is 7.42. The van der Waals surface area contributed by atoms with Crippen LogP contribution in [0.2, 0.25) is 0 Å². The second kappa shape index (κ2) is 12.4. The number of halogens is 4. The number of carbonyl (C=O) groups is 1. The van der Waals surface area contributed by atoms with Crippen LogP contribution in [-0.4, -0.2) is 62.3 Å². The summed E-state index contributed by atoms with van der Waals surface area (Å²) >= 11 is 0. The minimum absolute atomic E-state index is 0.152. The van der Waals surface area contributed by atoms with E-state index >= 15 is 0 Å². The highest BCUT2D eigenvalue weighted by molar-refractivity contribution is 6.01. The van der Waals surface area contributed by atoms with E-state index < -0.39 is 23.5 Å². The second-order valence-corrected chi connectivity index (χ2v) is 9.32. The Balaban J connectivity index is 0.000000909. The van der Waals surface area contributed by atoms with Crippen LogP contribution < -0.4 is 19.3 Å². The largest absolute Gasteiger partial charge is 0.497 e. The van der Waals surface area contributed by atoms with E-state index in [9.17, 15) is 17.6 Å². The molecule has 1 saturated heterocycles. The lowest BCUT2D eigenvalue weighted by Crippen LogP contribution is -2.54. The van der Waals surface area contributed by atoms with Crippen LogP contribution in [0.4, 0.5) is 34.6 Å². The molecule has 5 rings (SSSR count). The standard InChI is InChI=1S/C27H26F4N4O2.C2H4O2/c1-36-21-7-4-6-20(16-21)33-11-13-34(14-12-33)26-32-25-18(5-3-8-22(25)28)17-35(26)23-15-19(27(29,30)31)9-10-24(23)37-2;1-2(3)4/h3-10,15-16H,11-14,17H2,1-2H3;1H3,(H,3,4). The Morgan fingerprint density at radius 2 is 1.59 bits per heavy atom. The first-order valence-electron chi connectivity index (χ1n) is 12.7. The third-order valence-electron chi connectivity index (χ3n) is 6.63. The smallest absolute Gasteiger partial charge is 0.416 e. The van der Waals surface area contributed by atoms with E-state index in [4.69, 9.17) is 19.4 Å². The summed E-state index contributed by atoms with van der Waals surface area (Å²) in [5.74, 6) is 0.114. The van der Waals surface area contributed by atoms with Gasteiger partial charge in [-0.3, -0.25) is 4.79 Å². The highest BCUT2D eigenvalue weighted by Gasteiger charge is 2.35. The molecule has 8 nitrogen and oxygen atoms in total. The van der Waals surface area contributed by atoms with Crippen molar-refractivity contribution in [1.82, 2.24) is 4.90 Å². The number of nitrogens with zero attached hydrogens (tertiary/aromatic N) is 4. The molecule has 0 amide bonds. The summed E-state index contributed by atoms with van der Waals surface area (Å²) in [7, 11) is 3.03. The fourth-order valence-corrected chi connectivity index (χ4v) is 4.70. The number of anilines is 2. The zero-order valence-corrected chi connectivity index (χ0v) is 22.8. The van der Waals surface area contributed by atoms with Crippen LogP contribution in [0.5, 0.6) is 11.5 Å². The molecule has 3 aromatic rings. The van der Waals surface area contributed by atoms with Crippen molar-refractivity contribution in [3.63, 3.8) is 0 Å². The maximum Gasteiger partial charge on any atom is 0.416 e. The molecule has 0 bridgehead atoms. The van der Waals surface area contributed by atoms with Gasteiger partial charge in [0.1, 0.15) is 23.0 Å². The zero-order chi connectivity index (χ0) is 29.7. The SMILES string of the molecule is CC(=O)O.COc1cccc(N2CCN(C3=Nc4c(F)cccc4CN3c3cc(C(F)(F)F)ccc3OC)CC2)c1. The van der Waals surface area contributed by atoms with Crippen molar-refractivity contribution in [2.24, 2.45) is 4.99 Å². The number of carboxylic acids is 1. The highest BCUT2D eigenvalue weighted by atomic mass is 19.4. The van der Waals surface area contributed by atoms with E-state index in [0.29, 0.717) is 37.7 Å². The van der Waals surface area contributed by atoms with Crippen LogP contribution >= 0.6 is 0 Å². The number of hydrogen-bond donors (Lipinski definition) is 1. The minimum Gasteiger partial charge on any atom is -0.497 e. The van der Waals surface area contributed by atoms with Crippen LogP contribution in [0, 0.1) is 5.82 Å². The van der Waals surface area contributed by atoms with Gasteiger partial charge in [-0.05, 0) is 36.4 Å². The third kappa shape index (κ3) is 6.82. The number of carboxylic acid groups (broad SMARTS) is 1. The van der Waals surface area contributed by atoms with E-state index in [1.54, 1.807) is 24.1 Å². The molecule has 41 heavy (non-hydrogen) atoms. The van der Waals surface area contributed by atoms with Crippen molar-refractivity contribution in [2.75, 3.05) is 50.2 Å². The van der Waals surface area contributed by atoms with E-state index in [0.717, 1.165) is 30.5 Å². The molecule has 1 N–H and O–H groups in total. The quantitative estimate of drug-likeness (QED) is 0.396. The number of piperazine rings is 1. The molecule has 0 aromatic heterocycles. The van der Waals surface area contributed by atoms with E-state index in [1.807, 2.05) is 29.2 Å². The molecule has 0 radical (unpaired) electrons. The Bertz CT molecular complexity index is 1420. The number of aliphatic carboxylic acids is 1. The zero-order valence-electron chi connectivity index (χ0n) is 22.8. The Morgan fingerprint density at radius 3 is 2.22 bits per heavy atom.